The molecular formula is C18H24FIN6OS. The standard InChI is InChI=1S/C18H23FN6OS.HI/c1-20-18(21-9-13-8-14(19)4-5-16(13)27-3)24-6-7-25(17(26)12-24)15-10-22-23(2)11-15;/h4-5,8,10-11H,6-7,9,12H2,1-3H3,(H,20,21);1H. The number of aromatic nitrogens is 2. The molecule has 0 spiro atoms. The number of carbonyl (C=O) groups excluding carboxylic acids is 1. The number of anilines is 1. The Bertz CT molecular complexity index is 858. The highest BCUT2D eigenvalue weighted by molar-refractivity contribution is 14.0. The topological polar surface area (TPSA) is 65.8 Å². The number of amides is 1. The van der Waals surface area contributed by atoms with Crippen LogP contribution >= 0.6 is 35.7 Å². The zero-order chi connectivity index (χ0) is 19.4. The third-order valence-corrected chi connectivity index (χ3v) is 5.25. The molecule has 1 aromatic carbocycles. The van der Waals surface area contributed by atoms with Crippen molar-refractivity contribution in [2.24, 2.45) is 12.0 Å². The second-order valence-electron chi connectivity index (χ2n) is 6.20. The summed E-state index contributed by atoms with van der Waals surface area (Å²) in [5, 5.41) is 7.37. The Kier molecular flexibility index (Phi) is 8.10. The van der Waals surface area contributed by atoms with Gasteiger partial charge in [0.15, 0.2) is 5.96 Å². The number of guanidine groups is 1. The Labute approximate surface area is 185 Å². The SMILES string of the molecule is CN=C(NCc1cc(F)ccc1SC)N1CCN(c2cnn(C)c2)C(=O)C1.I. The molecule has 0 radical (unpaired) electrons. The largest absolute Gasteiger partial charge is 0.352 e. The average Bonchev–Trinajstić information content (AvgIpc) is 3.08. The third-order valence-electron chi connectivity index (χ3n) is 4.41. The second-order valence-corrected chi connectivity index (χ2v) is 7.04. The maximum atomic E-state index is 13.6. The molecule has 10 heteroatoms. The lowest BCUT2D eigenvalue weighted by molar-refractivity contribution is -0.120. The van der Waals surface area contributed by atoms with Gasteiger partial charge in [-0.05, 0) is 30.0 Å². The Morgan fingerprint density at radius 1 is 1.39 bits per heavy atom. The highest BCUT2D eigenvalue weighted by atomic mass is 127. The molecule has 1 aromatic heterocycles. The highest BCUT2D eigenvalue weighted by Crippen LogP contribution is 2.21. The zero-order valence-corrected chi connectivity index (χ0v) is 19.2. The zero-order valence-electron chi connectivity index (χ0n) is 16.1. The van der Waals surface area contributed by atoms with Crippen molar-refractivity contribution in [3.8, 4) is 0 Å². The van der Waals surface area contributed by atoms with E-state index in [1.54, 1.807) is 40.7 Å². The number of hydrogen-bond donors (Lipinski definition) is 1. The number of thioether (sulfide) groups is 1. The monoisotopic (exact) mass is 518 g/mol. The molecule has 28 heavy (non-hydrogen) atoms. The predicted octanol–water partition coefficient (Wildman–Crippen LogP) is 2.32. The van der Waals surface area contributed by atoms with Crippen LogP contribution in [0.5, 0.6) is 0 Å². The molecular weight excluding hydrogens is 494 g/mol. The lowest BCUT2D eigenvalue weighted by Gasteiger charge is -2.35. The fraction of sp³-hybridized carbons (Fsp3) is 0.389. The Morgan fingerprint density at radius 2 is 2.18 bits per heavy atom. The van der Waals surface area contributed by atoms with Gasteiger partial charge < -0.3 is 15.1 Å². The van der Waals surface area contributed by atoms with Gasteiger partial charge in [0, 0.05) is 44.8 Å². The molecule has 7 nitrogen and oxygen atoms in total. The van der Waals surface area contributed by atoms with E-state index < -0.39 is 0 Å². The van der Waals surface area contributed by atoms with Crippen LogP contribution in [0.2, 0.25) is 0 Å². The van der Waals surface area contributed by atoms with E-state index in [1.165, 1.54) is 12.1 Å². The van der Waals surface area contributed by atoms with Crippen molar-refractivity contribution >= 4 is 53.3 Å². The van der Waals surface area contributed by atoms with Gasteiger partial charge in [0.05, 0.1) is 11.9 Å². The van der Waals surface area contributed by atoms with Crippen molar-refractivity contribution in [3.05, 3.63) is 42.0 Å². The van der Waals surface area contributed by atoms with Gasteiger partial charge in [0.1, 0.15) is 12.4 Å². The fourth-order valence-electron chi connectivity index (χ4n) is 3.07. The number of aliphatic imine (C=N–C) groups is 1. The minimum absolute atomic E-state index is 0. The van der Waals surface area contributed by atoms with Crippen molar-refractivity contribution < 1.29 is 9.18 Å². The molecule has 1 fully saturated rings. The van der Waals surface area contributed by atoms with Crippen LogP contribution in [0.4, 0.5) is 10.1 Å². The Hall–Kier alpha value is -1.82. The van der Waals surface area contributed by atoms with Crippen molar-refractivity contribution in [1.29, 1.82) is 0 Å². The normalized spacial score (nSPS) is 14.9. The van der Waals surface area contributed by atoms with Gasteiger partial charge in [-0.1, -0.05) is 0 Å². The van der Waals surface area contributed by atoms with Gasteiger partial charge in [0.25, 0.3) is 0 Å². The molecule has 0 atom stereocenters. The lowest BCUT2D eigenvalue weighted by atomic mass is 10.2. The third kappa shape index (κ3) is 5.16. The summed E-state index contributed by atoms with van der Waals surface area (Å²) in [6, 6.07) is 4.76. The lowest BCUT2D eigenvalue weighted by Crippen LogP contribution is -2.55. The second kappa shape index (κ2) is 10.1. The molecule has 2 heterocycles. The summed E-state index contributed by atoms with van der Waals surface area (Å²) >= 11 is 1.57. The Morgan fingerprint density at radius 3 is 2.79 bits per heavy atom. The molecule has 152 valence electrons. The molecule has 0 unspecified atom stereocenters. The summed E-state index contributed by atoms with van der Waals surface area (Å²) in [7, 11) is 3.51. The minimum Gasteiger partial charge on any atom is -0.352 e. The van der Waals surface area contributed by atoms with E-state index in [0.29, 0.717) is 25.6 Å². The molecule has 2 aromatic rings. The van der Waals surface area contributed by atoms with Crippen molar-refractivity contribution in [2.45, 2.75) is 11.4 Å². The predicted molar refractivity (Wildman–Crippen MR) is 121 cm³/mol. The molecule has 3 rings (SSSR count). The molecule has 1 aliphatic heterocycles. The van der Waals surface area contributed by atoms with Crippen LogP contribution in [0.15, 0.2) is 40.5 Å². The number of nitrogens with one attached hydrogen (secondary N) is 1. The van der Waals surface area contributed by atoms with Crippen molar-refractivity contribution in [3.63, 3.8) is 0 Å². The van der Waals surface area contributed by atoms with Gasteiger partial charge in [-0.25, -0.2) is 4.39 Å². The first-order valence-corrected chi connectivity index (χ1v) is 9.81. The van der Waals surface area contributed by atoms with Crippen LogP contribution < -0.4 is 10.2 Å². The van der Waals surface area contributed by atoms with E-state index in [9.17, 15) is 9.18 Å². The van der Waals surface area contributed by atoms with Crippen LogP contribution in [-0.2, 0) is 18.4 Å². The highest BCUT2D eigenvalue weighted by Gasteiger charge is 2.27. The number of piperazine rings is 1. The number of benzene rings is 1. The molecule has 1 amide bonds. The number of rotatable bonds is 4. The number of hydrogen-bond acceptors (Lipinski definition) is 4. The van der Waals surface area contributed by atoms with Gasteiger partial charge in [-0.2, -0.15) is 5.10 Å². The molecule has 0 bridgehead atoms. The van der Waals surface area contributed by atoms with E-state index >= 15 is 0 Å². The van der Waals surface area contributed by atoms with Crippen molar-refractivity contribution in [1.82, 2.24) is 20.0 Å². The summed E-state index contributed by atoms with van der Waals surface area (Å²) in [6.45, 7) is 1.88. The van der Waals surface area contributed by atoms with Gasteiger partial charge in [-0.15, -0.1) is 35.7 Å². The van der Waals surface area contributed by atoms with E-state index in [0.717, 1.165) is 16.1 Å². The molecule has 0 saturated carbocycles. The number of halogens is 2. The van der Waals surface area contributed by atoms with Crippen LogP contribution in [0.25, 0.3) is 0 Å². The fourth-order valence-corrected chi connectivity index (χ4v) is 3.66. The first-order valence-electron chi connectivity index (χ1n) is 8.59. The molecule has 1 saturated heterocycles. The Balaban J connectivity index is 0.00000280. The molecule has 1 aliphatic rings. The van der Waals surface area contributed by atoms with E-state index in [-0.39, 0.29) is 42.2 Å². The maximum absolute atomic E-state index is 13.6. The average molecular weight is 518 g/mol. The van der Waals surface area contributed by atoms with Gasteiger partial charge in [-0.3, -0.25) is 14.5 Å². The summed E-state index contributed by atoms with van der Waals surface area (Å²) in [5.74, 6) is 0.359. The molecule has 1 N–H and O–H groups in total. The molecule has 0 aliphatic carbocycles. The summed E-state index contributed by atoms with van der Waals surface area (Å²) in [6.07, 6.45) is 5.48. The van der Waals surface area contributed by atoms with Crippen LogP contribution in [0.3, 0.4) is 0 Å². The first kappa shape index (κ1) is 22.5. The minimum atomic E-state index is -0.264. The van der Waals surface area contributed by atoms with E-state index in [1.807, 2.05) is 24.4 Å². The van der Waals surface area contributed by atoms with Crippen LogP contribution in [0, 0.1) is 5.82 Å². The number of aryl methyl sites for hydroxylation is 1. The maximum Gasteiger partial charge on any atom is 0.246 e. The summed E-state index contributed by atoms with van der Waals surface area (Å²) in [4.78, 5) is 21.5. The van der Waals surface area contributed by atoms with E-state index in [2.05, 4.69) is 15.4 Å². The van der Waals surface area contributed by atoms with Crippen LogP contribution in [0.1, 0.15) is 5.56 Å². The van der Waals surface area contributed by atoms with Crippen LogP contribution in [-0.4, -0.2) is 59.5 Å². The quantitative estimate of drug-likeness (QED) is 0.292. The van der Waals surface area contributed by atoms with Crippen molar-refractivity contribution in [2.75, 3.05) is 37.8 Å². The van der Waals surface area contributed by atoms with Gasteiger partial charge in [0.2, 0.25) is 5.91 Å². The summed E-state index contributed by atoms with van der Waals surface area (Å²) < 4.78 is 15.2. The van der Waals surface area contributed by atoms with E-state index in [4.69, 9.17) is 0 Å². The summed E-state index contributed by atoms with van der Waals surface area (Å²) in [5.41, 5.74) is 1.67. The first-order chi connectivity index (χ1) is 13.0. The number of nitrogens with zero attached hydrogens (tertiary/aromatic N) is 5. The van der Waals surface area contributed by atoms with Gasteiger partial charge >= 0.3 is 0 Å². The number of carbonyl (C=O) groups is 1. The smallest absolute Gasteiger partial charge is 0.246 e.